The van der Waals surface area contributed by atoms with Crippen LogP contribution in [0.1, 0.15) is 23.2 Å². The number of carbonyl (C=O) groups excluding carboxylic acids is 1. The normalized spacial score (nSPS) is 12.4. The summed E-state index contributed by atoms with van der Waals surface area (Å²) in [5, 5.41) is 3.86. The van der Waals surface area contributed by atoms with Crippen molar-refractivity contribution in [2.24, 2.45) is 0 Å². The Kier molecular flexibility index (Phi) is 5.75. The molecule has 1 rings (SSSR count). The van der Waals surface area contributed by atoms with Crippen LogP contribution in [0, 0.1) is 0 Å². The highest BCUT2D eigenvalue weighted by molar-refractivity contribution is 7.73. The van der Waals surface area contributed by atoms with Gasteiger partial charge in [-0.3, -0.25) is 0 Å². The van der Waals surface area contributed by atoms with Crippen LogP contribution in [-0.2, 0) is 15.4 Å². The summed E-state index contributed by atoms with van der Waals surface area (Å²) in [6, 6.07) is 4.86. The lowest BCUT2D eigenvalue weighted by Gasteiger charge is -2.21. The van der Waals surface area contributed by atoms with Crippen LogP contribution < -0.4 is 0 Å². The van der Waals surface area contributed by atoms with Gasteiger partial charge in [0.15, 0.2) is 0 Å². The molecule has 0 aliphatic rings. The fraction of sp³-hybridized carbons (Fsp3) is 0.417. The van der Waals surface area contributed by atoms with Crippen molar-refractivity contribution in [1.82, 2.24) is 0 Å². The molecule has 124 valence electrons. The van der Waals surface area contributed by atoms with E-state index in [1.807, 2.05) is 0 Å². The van der Waals surface area contributed by atoms with Crippen LogP contribution in [0.25, 0.3) is 0 Å². The first-order valence-electron chi connectivity index (χ1n) is 5.94. The average Bonchev–Trinajstić information content (AvgIpc) is 2.43. The van der Waals surface area contributed by atoms with Crippen molar-refractivity contribution in [1.29, 1.82) is 0 Å². The molecule has 0 spiro atoms. The second kappa shape index (κ2) is 6.95. The molecule has 0 radical (unpaired) electrons. The zero-order valence-corrected chi connectivity index (χ0v) is 11.9. The molecule has 0 bridgehead atoms. The minimum atomic E-state index is -5.15. The van der Waals surface area contributed by atoms with Gasteiger partial charge >= 0.3 is 17.1 Å². The SMILES string of the molecule is O=C(OCCCC(F)(F)C(F)(F)[SH](=O)=O)c1ccc(O)cc1. The minimum Gasteiger partial charge on any atom is -0.508 e. The van der Waals surface area contributed by atoms with E-state index in [0.717, 1.165) is 0 Å². The smallest absolute Gasteiger partial charge is 0.404 e. The molecule has 1 aromatic rings. The number of halogens is 4. The molecule has 0 heterocycles. The summed E-state index contributed by atoms with van der Waals surface area (Å²) >= 11 is 0. The first kappa shape index (κ1) is 18.2. The van der Waals surface area contributed by atoms with Crippen molar-refractivity contribution >= 4 is 16.7 Å². The fourth-order valence-corrected chi connectivity index (χ4v) is 1.80. The zero-order chi connectivity index (χ0) is 17.0. The Balaban J connectivity index is 2.48. The van der Waals surface area contributed by atoms with Crippen LogP contribution >= 0.6 is 0 Å². The maximum Gasteiger partial charge on any atom is 0.404 e. The molecule has 0 atom stereocenters. The number of hydrogen-bond donors (Lipinski definition) is 2. The standard InChI is InChI=1S/C12H12F4O5S/c13-11(14,12(15,16)22(19)20)6-1-7-21-10(18)8-2-4-9(17)5-3-8/h2-5,17,22H,1,6-7H2. The molecule has 0 unspecified atom stereocenters. The van der Waals surface area contributed by atoms with Gasteiger partial charge in [-0.2, -0.15) is 17.6 Å². The van der Waals surface area contributed by atoms with E-state index < -0.39 is 47.3 Å². The van der Waals surface area contributed by atoms with Gasteiger partial charge in [-0.25, -0.2) is 13.2 Å². The van der Waals surface area contributed by atoms with E-state index in [-0.39, 0.29) is 11.3 Å². The lowest BCUT2D eigenvalue weighted by molar-refractivity contribution is -0.160. The minimum absolute atomic E-state index is 0.0394. The number of carbonyl (C=O) groups is 1. The summed E-state index contributed by atoms with van der Waals surface area (Å²) in [6.45, 7) is -0.582. The van der Waals surface area contributed by atoms with Crippen LogP contribution in [-0.4, -0.2) is 37.3 Å². The van der Waals surface area contributed by atoms with Crippen molar-refractivity contribution in [3.05, 3.63) is 29.8 Å². The van der Waals surface area contributed by atoms with E-state index in [9.17, 15) is 30.8 Å². The van der Waals surface area contributed by atoms with E-state index in [2.05, 4.69) is 4.74 Å². The van der Waals surface area contributed by atoms with Crippen LogP contribution in [0.15, 0.2) is 24.3 Å². The van der Waals surface area contributed by atoms with Gasteiger partial charge in [0, 0.05) is 6.42 Å². The molecule has 0 saturated heterocycles. The highest BCUT2D eigenvalue weighted by atomic mass is 32.2. The van der Waals surface area contributed by atoms with Gasteiger partial charge in [-0.15, -0.1) is 0 Å². The number of rotatable bonds is 7. The Morgan fingerprint density at radius 1 is 1.14 bits per heavy atom. The predicted octanol–water partition coefficient (Wildman–Crippen LogP) is 2.17. The lowest BCUT2D eigenvalue weighted by atomic mass is 10.2. The van der Waals surface area contributed by atoms with E-state index in [1.54, 1.807) is 0 Å². The van der Waals surface area contributed by atoms with Crippen LogP contribution in [0.4, 0.5) is 17.6 Å². The number of hydrogen-bond acceptors (Lipinski definition) is 5. The fourth-order valence-electron chi connectivity index (χ4n) is 1.42. The molecular formula is C12H12F4O5S. The molecular weight excluding hydrogens is 332 g/mol. The molecule has 1 aromatic carbocycles. The molecule has 1 N–H and O–H groups in total. The Hall–Kier alpha value is -1.84. The third-order valence-corrected chi connectivity index (χ3v) is 3.43. The van der Waals surface area contributed by atoms with Crippen molar-refractivity contribution in [3.63, 3.8) is 0 Å². The highest BCUT2D eigenvalue weighted by Gasteiger charge is 2.58. The topological polar surface area (TPSA) is 80.7 Å². The summed E-state index contributed by atoms with van der Waals surface area (Å²) in [6.07, 6.45) is -2.10. The second-order valence-corrected chi connectivity index (χ2v) is 5.37. The Bertz CT molecular complexity index is 590. The number of phenols is 1. The van der Waals surface area contributed by atoms with Crippen molar-refractivity contribution in [3.8, 4) is 5.75 Å². The third-order valence-electron chi connectivity index (χ3n) is 2.64. The largest absolute Gasteiger partial charge is 0.508 e. The lowest BCUT2D eigenvalue weighted by Crippen LogP contribution is -2.41. The van der Waals surface area contributed by atoms with Crippen molar-refractivity contribution < 1.29 is 40.6 Å². The number of alkyl halides is 4. The molecule has 0 saturated carbocycles. The van der Waals surface area contributed by atoms with Gasteiger partial charge in [-0.05, 0) is 30.7 Å². The summed E-state index contributed by atoms with van der Waals surface area (Å²) in [4.78, 5) is 11.4. The molecule has 0 amide bonds. The number of ether oxygens (including phenoxy) is 1. The zero-order valence-electron chi connectivity index (χ0n) is 11.0. The summed E-state index contributed by atoms with van der Waals surface area (Å²) in [5.74, 6) is -5.72. The summed E-state index contributed by atoms with van der Waals surface area (Å²) in [7, 11) is -4.62. The monoisotopic (exact) mass is 344 g/mol. The van der Waals surface area contributed by atoms with Crippen LogP contribution in [0.5, 0.6) is 5.75 Å². The number of aromatic hydroxyl groups is 1. The maximum absolute atomic E-state index is 13.0. The number of phenolic OH excluding ortho intramolecular Hbond substituents is 1. The molecule has 0 aliphatic carbocycles. The van der Waals surface area contributed by atoms with Gasteiger partial charge in [0.1, 0.15) is 5.75 Å². The predicted molar refractivity (Wildman–Crippen MR) is 67.8 cm³/mol. The Morgan fingerprint density at radius 3 is 2.18 bits per heavy atom. The van der Waals surface area contributed by atoms with E-state index in [4.69, 9.17) is 5.11 Å². The number of esters is 1. The van der Waals surface area contributed by atoms with Gasteiger partial charge in [-0.1, -0.05) is 0 Å². The first-order valence-corrected chi connectivity index (χ1v) is 7.12. The van der Waals surface area contributed by atoms with Gasteiger partial charge in [0.2, 0.25) is 10.7 Å². The van der Waals surface area contributed by atoms with E-state index >= 15 is 0 Å². The maximum atomic E-state index is 13.0. The highest BCUT2D eigenvalue weighted by Crippen LogP contribution is 2.38. The van der Waals surface area contributed by atoms with Gasteiger partial charge in [0.05, 0.1) is 12.2 Å². The molecule has 10 heteroatoms. The Labute approximate surface area is 124 Å². The quantitative estimate of drug-likeness (QED) is 0.343. The van der Waals surface area contributed by atoms with E-state index in [0.29, 0.717) is 0 Å². The molecule has 5 nitrogen and oxygen atoms in total. The molecule has 22 heavy (non-hydrogen) atoms. The summed E-state index contributed by atoms with van der Waals surface area (Å²) in [5.41, 5.74) is 0.0394. The molecule has 0 aliphatic heterocycles. The third kappa shape index (κ3) is 4.33. The van der Waals surface area contributed by atoms with E-state index in [1.165, 1.54) is 24.3 Å². The Morgan fingerprint density at radius 2 is 1.68 bits per heavy atom. The number of benzene rings is 1. The van der Waals surface area contributed by atoms with Gasteiger partial charge < -0.3 is 9.84 Å². The molecule has 0 fully saturated rings. The van der Waals surface area contributed by atoms with Crippen molar-refractivity contribution in [2.75, 3.05) is 6.61 Å². The van der Waals surface area contributed by atoms with Crippen LogP contribution in [0.3, 0.4) is 0 Å². The van der Waals surface area contributed by atoms with Crippen LogP contribution in [0.2, 0.25) is 0 Å². The van der Waals surface area contributed by atoms with Gasteiger partial charge in [0.25, 0.3) is 0 Å². The number of thiol groups is 1. The average molecular weight is 344 g/mol. The van der Waals surface area contributed by atoms with Crippen molar-refractivity contribution in [2.45, 2.75) is 24.0 Å². The second-order valence-electron chi connectivity index (χ2n) is 4.29. The first-order chi connectivity index (χ1) is 10.1. The molecule has 0 aromatic heterocycles. The summed E-state index contributed by atoms with van der Waals surface area (Å²) < 4.78 is 76.4.